The standard InChI is InChI=1S/C3H4BrS/c1-2-3(4)5/h2-3H,1H2. The zero-order valence-electron chi connectivity index (χ0n) is 2.65. The predicted octanol–water partition coefficient (Wildman–Crippen LogP) is 2.09. The van der Waals surface area contributed by atoms with E-state index in [0.29, 0.717) is 0 Å². The summed E-state index contributed by atoms with van der Waals surface area (Å²) in [7, 11) is 0. The molecule has 0 saturated heterocycles. The minimum Gasteiger partial charge on any atom is -0.101 e. The van der Waals surface area contributed by atoms with Crippen molar-refractivity contribution in [2.24, 2.45) is 0 Å². The highest BCUT2D eigenvalue weighted by atomic mass is 79.9. The van der Waals surface area contributed by atoms with Crippen molar-refractivity contribution in [3.63, 3.8) is 0 Å². The van der Waals surface area contributed by atoms with Crippen LogP contribution in [-0.2, 0) is 0 Å². The third-order valence-corrected chi connectivity index (χ3v) is 0.752. The van der Waals surface area contributed by atoms with Crippen LogP contribution in [0.1, 0.15) is 0 Å². The maximum absolute atomic E-state index is 4.58. The maximum atomic E-state index is 4.58. The molecule has 0 rings (SSSR count). The number of hydrogen-bond acceptors (Lipinski definition) is 0. The SMILES string of the molecule is C=CC([S])Br. The predicted molar refractivity (Wildman–Crippen MR) is 30.5 cm³/mol. The molecule has 0 nitrogen and oxygen atoms in total. The Bertz CT molecular complexity index is 33.9. The summed E-state index contributed by atoms with van der Waals surface area (Å²) in [4.78, 5) is 0. The summed E-state index contributed by atoms with van der Waals surface area (Å²) in [5, 5.41) is 0. The number of rotatable bonds is 1. The van der Waals surface area contributed by atoms with Crippen molar-refractivity contribution >= 4 is 28.6 Å². The normalized spacial score (nSPS) is 14.0. The van der Waals surface area contributed by atoms with Crippen LogP contribution in [0.15, 0.2) is 12.7 Å². The molecule has 0 spiro atoms. The molecule has 2 heteroatoms. The highest BCUT2D eigenvalue weighted by Crippen LogP contribution is 2.01. The van der Waals surface area contributed by atoms with Crippen LogP contribution in [0, 0.1) is 0 Å². The summed E-state index contributed by atoms with van der Waals surface area (Å²) in [5.74, 6) is 0. The molecule has 0 bridgehead atoms. The lowest BCUT2D eigenvalue weighted by Crippen LogP contribution is -1.67. The van der Waals surface area contributed by atoms with Gasteiger partial charge in [-0.15, -0.1) is 6.58 Å². The van der Waals surface area contributed by atoms with Gasteiger partial charge in [0.2, 0.25) is 0 Å². The van der Waals surface area contributed by atoms with Gasteiger partial charge in [-0.2, -0.15) is 0 Å². The van der Waals surface area contributed by atoms with Crippen LogP contribution in [0.3, 0.4) is 0 Å². The Morgan fingerprint density at radius 1 is 2.00 bits per heavy atom. The molecule has 0 aliphatic rings. The smallest absolute Gasteiger partial charge is 0.0881 e. The van der Waals surface area contributed by atoms with E-state index in [0.717, 1.165) is 0 Å². The number of alkyl halides is 1. The third-order valence-electron chi connectivity index (χ3n) is 0.185. The van der Waals surface area contributed by atoms with E-state index in [1.807, 2.05) is 0 Å². The minimum absolute atomic E-state index is 0.0440. The summed E-state index contributed by atoms with van der Waals surface area (Å²) in [6.07, 6.45) is 1.65. The van der Waals surface area contributed by atoms with Crippen LogP contribution < -0.4 is 0 Å². The molecule has 0 heterocycles. The largest absolute Gasteiger partial charge is 0.101 e. The summed E-state index contributed by atoms with van der Waals surface area (Å²) >= 11 is 7.65. The molecule has 1 atom stereocenters. The van der Waals surface area contributed by atoms with Gasteiger partial charge in [0.05, 0.1) is 4.16 Å². The Morgan fingerprint density at radius 2 is 2.20 bits per heavy atom. The Morgan fingerprint density at radius 3 is 2.20 bits per heavy atom. The fourth-order valence-corrected chi connectivity index (χ4v) is 0. The van der Waals surface area contributed by atoms with E-state index in [1.54, 1.807) is 6.08 Å². The van der Waals surface area contributed by atoms with Crippen LogP contribution in [0.25, 0.3) is 0 Å². The Hall–Kier alpha value is 0.570. The van der Waals surface area contributed by atoms with Gasteiger partial charge in [0.15, 0.2) is 0 Å². The first kappa shape index (κ1) is 5.57. The van der Waals surface area contributed by atoms with Gasteiger partial charge < -0.3 is 0 Å². The van der Waals surface area contributed by atoms with Crippen LogP contribution in [-0.4, -0.2) is 4.16 Å². The lowest BCUT2D eigenvalue weighted by Gasteiger charge is -1.78. The molecule has 0 saturated carbocycles. The molecule has 0 aromatic carbocycles. The van der Waals surface area contributed by atoms with Gasteiger partial charge in [-0.25, -0.2) is 0 Å². The van der Waals surface area contributed by atoms with E-state index in [2.05, 4.69) is 35.1 Å². The summed E-state index contributed by atoms with van der Waals surface area (Å²) in [6.45, 7) is 3.41. The zero-order valence-corrected chi connectivity index (χ0v) is 5.05. The summed E-state index contributed by atoms with van der Waals surface area (Å²) < 4.78 is 0.0440. The Balaban J connectivity index is 2.83. The number of hydrogen-bond donors (Lipinski definition) is 0. The molecule has 29 valence electrons. The molecule has 0 fully saturated rings. The van der Waals surface area contributed by atoms with E-state index in [1.165, 1.54) is 0 Å². The molecule has 0 aliphatic heterocycles. The molecule has 0 aromatic heterocycles. The molecule has 0 amide bonds. The second-order valence-electron chi connectivity index (χ2n) is 0.587. The van der Waals surface area contributed by atoms with Crippen LogP contribution in [0.4, 0.5) is 0 Å². The van der Waals surface area contributed by atoms with Crippen molar-refractivity contribution in [1.29, 1.82) is 0 Å². The van der Waals surface area contributed by atoms with Crippen LogP contribution >= 0.6 is 28.6 Å². The van der Waals surface area contributed by atoms with Gasteiger partial charge in [-0.1, -0.05) is 34.6 Å². The average molecular weight is 152 g/mol. The van der Waals surface area contributed by atoms with Crippen molar-refractivity contribution in [2.75, 3.05) is 0 Å². The first-order valence-corrected chi connectivity index (χ1v) is 2.58. The van der Waals surface area contributed by atoms with Gasteiger partial charge in [0.25, 0.3) is 0 Å². The first-order chi connectivity index (χ1) is 2.27. The molecule has 0 aliphatic carbocycles. The van der Waals surface area contributed by atoms with Gasteiger partial charge in [-0.05, 0) is 0 Å². The third kappa shape index (κ3) is 4.57. The van der Waals surface area contributed by atoms with Gasteiger partial charge in [0.1, 0.15) is 0 Å². The van der Waals surface area contributed by atoms with Crippen molar-refractivity contribution in [3.05, 3.63) is 12.7 Å². The van der Waals surface area contributed by atoms with E-state index >= 15 is 0 Å². The number of halogens is 1. The highest BCUT2D eigenvalue weighted by molar-refractivity contribution is 9.11. The van der Waals surface area contributed by atoms with Crippen molar-refractivity contribution < 1.29 is 0 Å². The lowest BCUT2D eigenvalue weighted by molar-refractivity contribution is 1.75. The van der Waals surface area contributed by atoms with Gasteiger partial charge in [-0.3, -0.25) is 0 Å². The van der Waals surface area contributed by atoms with Crippen molar-refractivity contribution in [1.82, 2.24) is 0 Å². The quantitative estimate of drug-likeness (QED) is 0.398. The van der Waals surface area contributed by atoms with Crippen LogP contribution in [0.2, 0.25) is 0 Å². The summed E-state index contributed by atoms with van der Waals surface area (Å²) in [6, 6.07) is 0. The Labute approximate surface area is 45.8 Å². The first-order valence-electron chi connectivity index (χ1n) is 1.20. The van der Waals surface area contributed by atoms with Crippen molar-refractivity contribution in [3.8, 4) is 0 Å². The van der Waals surface area contributed by atoms with Crippen molar-refractivity contribution in [2.45, 2.75) is 4.16 Å². The molecule has 1 radical (unpaired) electrons. The highest BCUT2D eigenvalue weighted by Gasteiger charge is 1.79. The average Bonchev–Trinajstić information content (AvgIpc) is 1.38. The van der Waals surface area contributed by atoms with Gasteiger partial charge >= 0.3 is 0 Å². The monoisotopic (exact) mass is 151 g/mol. The molecular weight excluding hydrogens is 148 g/mol. The topological polar surface area (TPSA) is 0 Å². The van der Waals surface area contributed by atoms with E-state index in [4.69, 9.17) is 0 Å². The summed E-state index contributed by atoms with van der Waals surface area (Å²) in [5.41, 5.74) is 0. The fourth-order valence-electron chi connectivity index (χ4n) is 0. The Kier molecular flexibility index (Phi) is 3.11. The molecule has 0 N–H and O–H groups in total. The van der Waals surface area contributed by atoms with E-state index in [9.17, 15) is 0 Å². The zero-order chi connectivity index (χ0) is 4.28. The van der Waals surface area contributed by atoms with Crippen LogP contribution in [0.5, 0.6) is 0 Å². The molecule has 1 unspecified atom stereocenters. The fraction of sp³-hybridized carbons (Fsp3) is 0.333. The lowest BCUT2D eigenvalue weighted by atomic mass is 10.8. The minimum atomic E-state index is 0.0440. The second kappa shape index (κ2) is 2.79. The molecule has 0 aromatic rings. The molecule has 5 heavy (non-hydrogen) atoms. The van der Waals surface area contributed by atoms with E-state index in [-0.39, 0.29) is 4.16 Å². The maximum Gasteiger partial charge on any atom is 0.0881 e. The molecular formula is C3H4BrS. The van der Waals surface area contributed by atoms with E-state index < -0.39 is 0 Å². The van der Waals surface area contributed by atoms with Gasteiger partial charge in [0, 0.05) is 0 Å². The second-order valence-corrected chi connectivity index (χ2v) is 2.69.